The third-order valence-electron chi connectivity index (χ3n) is 3.87. The van der Waals surface area contributed by atoms with Gasteiger partial charge in [-0.3, -0.25) is 10.1 Å². The minimum atomic E-state index is -3.16. The maximum Gasteiger partial charge on any atom is 0.265 e. The number of likely N-dealkylation sites (N-methyl/N-ethyl adjacent to an activating group) is 1. The van der Waals surface area contributed by atoms with Gasteiger partial charge in [0.05, 0.1) is 4.88 Å². The molecule has 0 fully saturated rings. The first-order valence-electron chi connectivity index (χ1n) is 7.52. The van der Waals surface area contributed by atoms with E-state index in [1.54, 1.807) is 28.7 Å². The Labute approximate surface area is 163 Å². The molecule has 0 radical (unpaired) electrons. The molecule has 0 aromatic carbocycles. The number of nitrogens with one attached hydrogen (secondary N) is 1. The summed E-state index contributed by atoms with van der Waals surface area (Å²) < 4.78 is 42.0. The van der Waals surface area contributed by atoms with Gasteiger partial charge in [-0.15, -0.1) is 34.0 Å². The van der Waals surface area contributed by atoms with Crippen LogP contribution in [0.4, 0.5) is 13.2 Å². The summed E-state index contributed by atoms with van der Waals surface area (Å²) in [5.74, 6) is -4.28. The summed E-state index contributed by atoms with van der Waals surface area (Å²) in [6.45, 7) is -1.64. The maximum absolute atomic E-state index is 14.9. The molecule has 26 heavy (non-hydrogen) atoms. The van der Waals surface area contributed by atoms with Crippen LogP contribution in [-0.4, -0.2) is 30.7 Å². The molecule has 138 valence electrons. The van der Waals surface area contributed by atoms with Gasteiger partial charge in [0.25, 0.3) is 5.79 Å². The van der Waals surface area contributed by atoms with Gasteiger partial charge < -0.3 is 0 Å². The minimum Gasteiger partial charge on any atom is -0.288 e. The lowest BCUT2D eigenvalue weighted by Gasteiger charge is -2.32. The van der Waals surface area contributed by atoms with Crippen LogP contribution in [0.2, 0.25) is 0 Å². The normalized spacial score (nSPS) is 16.2. The molecule has 3 atom stereocenters. The molecule has 0 spiro atoms. The molecule has 0 aliphatic rings. The first-order valence-corrected chi connectivity index (χ1v) is 10.6. The zero-order valence-electron chi connectivity index (χ0n) is 13.6. The number of alkyl halides is 3. The second-order valence-electron chi connectivity index (χ2n) is 5.54. The van der Waals surface area contributed by atoms with E-state index < -0.39 is 23.7 Å². The average Bonchev–Trinajstić information content (AvgIpc) is 3.39. The highest BCUT2D eigenvalue weighted by atomic mass is 32.1. The Balaban J connectivity index is 1.89. The molecule has 3 unspecified atom stereocenters. The number of halogens is 3. The maximum atomic E-state index is 14.9. The molecule has 0 saturated heterocycles. The molecule has 1 N–H and O–H groups in total. The summed E-state index contributed by atoms with van der Waals surface area (Å²) in [5.41, 5.74) is 0. The fraction of sp³-hybridized carbons (Fsp3) is 0.235. The quantitative estimate of drug-likeness (QED) is 0.291. The van der Waals surface area contributed by atoms with Crippen molar-refractivity contribution in [2.75, 3.05) is 13.7 Å². The molecule has 0 bridgehead atoms. The van der Waals surface area contributed by atoms with Crippen LogP contribution >= 0.6 is 43.3 Å². The van der Waals surface area contributed by atoms with Gasteiger partial charge in [-0.2, -0.15) is 0 Å². The van der Waals surface area contributed by atoms with Gasteiger partial charge in [-0.1, -0.05) is 15.3 Å². The smallest absolute Gasteiger partial charge is 0.265 e. The fourth-order valence-electron chi connectivity index (χ4n) is 2.39. The number of carbonyl (C=O) groups is 1. The van der Waals surface area contributed by atoms with E-state index in [0.717, 1.165) is 37.9 Å². The van der Waals surface area contributed by atoms with E-state index in [1.807, 2.05) is 35.0 Å². The van der Waals surface area contributed by atoms with Crippen molar-refractivity contribution in [1.29, 1.82) is 0 Å². The molecule has 0 aliphatic heterocycles. The van der Waals surface area contributed by atoms with Gasteiger partial charge in [0.15, 0.2) is 0 Å². The number of rotatable bonds is 7. The average molecular weight is 433 g/mol. The fourth-order valence-corrected chi connectivity index (χ4v) is 5.58. The second-order valence-corrected chi connectivity index (χ2v) is 9.57. The van der Waals surface area contributed by atoms with Crippen LogP contribution in [0.15, 0.2) is 41.8 Å². The van der Waals surface area contributed by atoms with Crippen molar-refractivity contribution >= 4 is 49.0 Å². The molecule has 0 saturated carbocycles. The van der Waals surface area contributed by atoms with E-state index in [1.165, 1.54) is 15.3 Å². The Hall–Kier alpha value is -1.05. The van der Waals surface area contributed by atoms with Gasteiger partial charge in [0.1, 0.15) is 6.67 Å². The molecule has 9 heteroatoms. The number of hydrogen-bond acceptors (Lipinski definition) is 5. The Bertz CT molecular complexity index is 906. The number of hydrogen-bond donors (Lipinski definition) is 1. The van der Waals surface area contributed by atoms with Crippen molar-refractivity contribution in [3.63, 3.8) is 0 Å². The zero-order chi connectivity index (χ0) is 18.9. The Morgan fingerprint density at radius 3 is 2.27 bits per heavy atom. The first-order chi connectivity index (χ1) is 12.3. The Morgan fingerprint density at radius 2 is 1.69 bits per heavy atom. The highest BCUT2D eigenvalue weighted by Gasteiger charge is 2.56. The molecule has 3 aromatic heterocycles. The molecule has 0 amide bonds. The van der Waals surface area contributed by atoms with Crippen LogP contribution in [0, 0.1) is 0 Å². The number of ketones is 1. The first kappa shape index (κ1) is 19.7. The molecular weight excluding hydrogens is 418 g/mol. The molecule has 3 rings (SSSR count). The van der Waals surface area contributed by atoms with E-state index in [2.05, 4.69) is 0 Å². The molecule has 2 nitrogen and oxygen atoms in total. The van der Waals surface area contributed by atoms with Crippen LogP contribution in [-0.2, 0) is 0 Å². The second kappa shape index (κ2) is 7.52. The number of thiophene rings is 3. The predicted molar refractivity (Wildman–Crippen MR) is 108 cm³/mol. The van der Waals surface area contributed by atoms with Gasteiger partial charge in [-0.25, -0.2) is 13.2 Å². The number of Topliss-reactive ketones (excluding diaryl/α,β-unsaturated/α-hetero) is 1. The van der Waals surface area contributed by atoms with Crippen LogP contribution < -0.4 is 5.32 Å². The molecule has 3 heterocycles. The Kier molecular flexibility index (Phi) is 5.70. The van der Waals surface area contributed by atoms with Crippen molar-refractivity contribution in [2.45, 2.75) is 11.2 Å². The third-order valence-corrected chi connectivity index (χ3v) is 7.85. The van der Waals surface area contributed by atoms with E-state index >= 15 is 0 Å². The van der Waals surface area contributed by atoms with Crippen molar-refractivity contribution in [3.8, 4) is 19.5 Å². The SMILES string of the molecule is CNC(F)(C(=O)c1ccc(-c2ccc(-c3cccs3)s2)s1)C(F)(P)CF. The molecule has 0 aliphatic carbocycles. The highest BCUT2D eigenvalue weighted by molar-refractivity contribution is 7.26. The highest BCUT2D eigenvalue weighted by Crippen LogP contribution is 2.42. The summed E-state index contributed by atoms with van der Waals surface area (Å²) >= 11 is 4.24. The van der Waals surface area contributed by atoms with E-state index in [-0.39, 0.29) is 4.88 Å². The van der Waals surface area contributed by atoms with E-state index in [9.17, 15) is 18.0 Å². The topological polar surface area (TPSA) is 29.1 Å². The Morgan fingerprint density at radius 1 is 1.08 bits per heavy atom. The van der Waals surface area contributed by atoms with E-state index in [4.69, 9.17) is 0 Å². The lowest BCUT2D eigenvalue weighted by Crippen LogP contribution is -2.59. The largest absolute Gasteiger partial charge is 0.288 e. The molecule has 3 aromatic rings. The monoisotopic (exact) mass is 433 g/mol. The van der Waals surface area contributed by atoms with Crippen molar-refractivity contribution in [2.24, 2.45) is 0 Å². The summed E-state index contributed by atoms with van der Waals surface area (Å²) in [6, 6.07) is 11.0. The lowest BCUT2D eigenvalue weighted by atomic mass is 10.0. The predicted octanol–water partition coefficient (Wildman–Crippen LogP) is 5.78. The zero-order valence-corrected chi connectivity index (χ0v) is 17.2. The van der Waals surface area contributed by atoms with Crippen LogP contribution in [0.25, 0.3) is 19.5 Å². The standard InChI is InChI=1S/C17H15F3NOPS3/c1-21-17(20,16(19,23)9-18)15(22)14-7-6-13(26-14)12-5-4-11(25-12)10-3-2-8-24-10/h2-8,21H,9,23H2,1H3. The molecular formula is C17H15F3NOPS3. The lowest BCUT2D eigenvalue weighted by molar-refractivity contribution is -0.000751. The van der Waals surface area contributed by atoms with Crippen LogP contribution in [0.5, 0.6) is 0 Å². The third kappa shape index (κ3) is 3.41. The number of carbonyl (C=O) groups excluding carboxylic acids is 1. The van der Waals surface area contributed by atoms with E-state index in [0.29, 0.717) is 0 Å². The van der Waals surface area contributed by atoms with Crippen LogP contribution in [0.3, 0.4) is 0 Å². The van der Waals surface area contributed by atoms with Gasteiger partial charge in [0.2, 0.25) is 11.2 Å². The summed E-state index contributed by atoms with van der Waals surface area (Å²) in [5, 5.41) is 0.947. The van der Waals surface area contributed by atoms with Crippen molar-refractivity contribution in [3.05, 3.63) is 46.7 Å². The summed E-state index contributed by atoms with van der Waals surface area (Å²) in [6.07, 6.45) is 0. The summed E-state index contributed by atoms with van der Waals surface area (Å²) in [4.78, 5) is 16.5. The summed E-state index contributed by atoms with van der Waals surface area (Å²) in [7, 11) is 2.54. The van der Waals surface area contributed by atoms with Crippen LogP contribution in [0.1, 0.15) is 9.67 Å². The van der Waals surface area contributed by atoms with Gasteiger partial charge in [-0.05, 0) is 42.8 Å². The van der Waals surface area contributed by atoms with Gasteiger partial charge >= 0.3 is 0 Å². The van der Waals surface area contributed by atoms with Crippen molar-refractivity contribution in [1.82, 2.24) is 5.32 Å². The minimum absolute atomic E-state index is 0.0286. The van der Waals surface area contributed by atoms with Gasteiger partial charge in [0, 0.05) is 19.5 Å². The van der Waals surface area contributed by atoms with Crippen molar-refractivity contribution < 1.29 is 18.0 Å².